The van der Waals surface area contributed by atoms with E-state index in [0.717, 1.165) is 31.2 Å². The van der Waals surface area contributed by atoms with Crippen molar-refractivity contribution in [3.05, 3.63) is 23.3 Å². The van der Waals surface area contributed by atoms with Crippen molar-refractivity contribution in [1.29, 1.82) is 0 Å². The summed E-state index contributed by atoms with van der Waals surface area (Å²) in [4.78, 5) is 0.344. The Morgan fingerprint density at radius 1 is 1.18 bits per heavy atom. The lowest BCUT2D eigenvalue weighted by molar-refractivity contribution is 0.410. The van der Waals surface area contributed by atoms with Gasteiger partial charge in [0.25, 0.3) is 0 Å². The lowest BCUT2D eigenvalue weighted by Crippen LogP contribution is -2.30. The highest BCUT2D eigenvalue weighted by Crippen LogP contribution is 2.25. The molecule has 0 amide bonds. The Balaban J connectivity index is 2.88. The van der Waals surface area contributed by atoms with Crippen molar-refractivity contribution in [3.8, 4) is 5.75 Å². The average Bonchev–Trinajstić information content (AvgIpc) is 2.49. The topological polar surface area (TPSA) is 55.4 Å². The number of benzene rings is 1. The number of sulfonamides is 1. The van der Waals surface area contributed by atoms with Gasteiger partial charge in [-0.2, -0.15) is 0 Å². The molecule has 0 aliphatic carbocycles. The molecule has 0 saturated heterocycles. The van der Waals surface area contributed by atoms with Gasteiger partial charge in [-0.15, -0.1) is 0 Å². The van der Waals surface area contributed by atoms with Crippen LogP contribution in [0.3, 0.4) is 0 Å². The molecular formula is C17H29NO3S. The third-order valence-electron chi connectivity index (χ3n) is 4.09. The van der Waals surface area contributed by atoms with Gasteiger partial charge < -0.3 is 4.74 Å². The second-order valence-corrected chi connectivity index (χ2v) is 7.59. The number of hydrogen-bond acceptors (Lipinski definition) is 3. The minimum Gasteiger partial charge on any atom is -0.496 e. The fourth-order valence-corrected chi connectivity index (χ4v) is 3.95. The molecule has 0 aliphatic rings. The summed E-state index contributed by atoms with van der Waals surface area (Å²) in [6.45, 7) is 8.42. The van der Waals surface area contributed by atoms with Gasteiger partial charge in [-0.3, -0.25) is 0 Å². The predicted molar refractivity (Wildman–Crippen MR) is 91.0 cm³/mol. The summed E-state index contributed by atoms with van der Waals surface area (Å²) >= 11 is 0. The summed E-state index contributed by atoms with van der Waals surface area (Å²) in [5.41, 5.74) is 1.53. The van der Waals surface area contributed by atoms with E-state index in [1.807, 2.05) is 6.92 Å². The van der Waals surface area contributed by atoms with Crippen LogP contribution in [0.25, 0.3) is 0 Å². The van der Waals surface area contributed by atoms with Crippen LogP contribution in [-0.2, 0) is 10.0 Å². The van der Waals surface area contributed by atoms with Gasteiger partial charge in [-0.05, 0) is 49.4 Å². The lowest BCUT2D eigenvalue weighted by Gasteiger charge is -2.17. The van der Waals surface area contributed by atoms with Crippen molar-refractivity contribution < 1.29 is 13.2 Å². The summed E-state index contributed by atoms with van der Waals surface area (Å²) in [7, 11) is -1.88. The van der Waals surface area contributed by atoms with Gasteiger partial charge in [0.1, 0.15) is 5.75 Å². The van der Waals surface area contributed by atoms with Gasteiger partial charge in [-0.1, -0.05) is 33.1 Å². The molecule has 0 aliphatic heterocycles. The molecule has 126 valence electrons. The minimum atomic E-state index is -3.47. The Hall–Kier alpha value is -1.07. The number of unbranched alkanes of at least 4 members (excludes halogenated alkanes) is 1. The van der Waals surface area contributed by atoms with Crippen LogP contribution in [0.15, 0.2) is 17.0 Å². The highest BCUT2D eigenvalue weighted by atomic mass is 32.2. The Morgan fingerprint density at radius 2 is 1.86 bits per heavy atom. The van der Waals surface area contributed by atoms with Crippen LogP contribution in [0.4, 0.5) is 0 Å². The quantitative estimate of drug-likeness (QED) is 0.750. The average molecular weight is 327 g/mol. The van der Waals surface area contributed by atoms with E-state index in [-0.39, 0.29) is 0 Å². The molecule has 0 saturated carbocycles. The molecule has 1 N–H and O–H groups in total. The monoisotopic (exact) mass is 327 g/mol. The van der Waals surface area contributed by atoms with Gasteiger partial charge in [0.2, 0.25) is 10.0 Å². The van der Waals surface area contributed by atoms with E-state index < -0.39 is 10.0 Å². The van der Waals surface area contributed by atoms with Crippen molar-refractivity contribution >= 4 is 10.0 Å². The number of rotatable bonds is 9. The predicted octanol–water partition coefficient (Wildman–Crippen LogP) is 3.81. The van der Waals surface area contributed by atoms with Crippen LogP contribution >= 0.6 is 0 Å². The van der Waals surface area contributed by atoms with Crippen molar-refractivity contribution in [3.63, 3.8) is 0 Å². The standard InChI is InChI=1S/C17H29NO3S/c1-6-8-9-15(7-2)12-18-22(19,20)17-11-13(3)16(21-5)10-14(17)4/h10-11,15,18H,6-9,12H2,1-5H3. The summed E-state index contributed by atoms with van der Waals surface area (Å²) in [6, 6.07) is 3.46. The third kappa shape index (κ3) is 4.99. The molecule has 1 atom stereocenters. The molecule has 0 radical (unpaired) electrons. The Labute approximate surface area is 135 Å². The number of methoxy groups -OCH3 is 1. The third-order valence-corrected chi connectivity index (χ3v) is 5.65. The molecular weight excluding hydrogens is 298 g/mol. The minimum absolute atomic E-state index is 0.344. The van der Waals surface area contributed by atoms with E-state index >= 15 is 0 Å². The lowest BCUT2D eigenvalue weighted by atomic mass is 10.00. The Bertz CT molecular complexity index is 582. The maximum atomic E-state index is 12.5. The SMILES string of the molecule is CCCCC(CC)CNS(=O)(=O)c1cc(C)c(OC)cc1C. The molecule has 0 bridgehead atoms. The number of aryl methyl sites for hydroxylation is 2. The normalized spacial score (nSPS) is 13.1. The van der Waals surface area contributed by atoms with Crippen LogP contribution in [0.1, 0.15) is 50.7 Å². The van der Waals surface area contributed by atoms with E-state index in [0.29, 0.717) is 28.7 Å². The van der Waals surface area contributed by atoms with Crippen molar-refractivity contribution in [1.82, 2.24) is 4.72 Å². The highest BCUT2D eigenvalue weighted by Gasteiger charge is 2.20. The summed E-state index contributed by atoms with van der Waals surface area (Å²) < 4.78 is 33.1. The van der Waals surface area contributed by atoms with E-state index in [1.165, 1.54) is 0 Å². The van der Waals surface area contributed by atoms with Crippen molar-refractivity contribution in [2.75, 3.05) is 13.7 Å². The second kappa shape index (κ2) is 8.53. The van der Waals surface area contributed by atoms with Crippen LogP contribution in [0.5, 0.6) is 5.75 Å². The summed E-state index contributed by atoms with van der Waals surface area (Å²) in [5, 5.41) is 0. The first-order chi connectivity index (χ1) is 10.4. The molecule has 1 unspecified atom stereocenters. The van der Waals surface area contributed by atoms with Gasteiger partial charge in [0, 0.05) is 6.54 Å². The van der Waals surface area contributed by atoms with Gasteiger partial charge in [0.15, 0.2) is 0 Å². The first-order valence-electron chi connectivity index (χ1n) is 8.00. The van der Waals surface area contributed by atoms with Gasteiger partial charge in [-0.25, -0.2) is 13.1 Å². The second-order valence-electron chi connectivity index (χ2n) is 5.86. The molecule has 22 heavy (non-hydrogen) atoms. The Morgan fingerprint density at radius 3 is 2.41 bits per heavy atom. The molecule has 1 aromatic carbocycles. The van der Waals surface area contributed by atoms with Crippen LogP contribution in [0, 0.1) is 19.8 Å². The van der Waals surface area contributed by atoms with E-state index in [9.17, 15) is 8.42 Å². The first kappa shape index (κ1) is 19.0. The van der Waals surface area contributed by atoms with E-state index in [2.05, 4.69) is 18.6 Å². The summed E-state index contributed by atoms with van der Waals surface area (Å²) in [6.07, 6.45) is 4.33. The smallest absolute Gasteiger partial charge is 0.240 e. The van der Waals surface area contributed by atoms with Crippen LogP contribution in [-0.4, -0.2) is 22.1 Å². The van der Waals surface area contributed by atoms with Crippen LogP contribution in [0.2, 0.25) is 0 Å². The maximum absolute atomic E-state index is 12.5. The zero-order chi connectivity index (χ0) is 16.8. The molecule has 1 aromatic rings. The van der Waals surface area contributed by atoms with E-state index in [4.69, 9.17) is 4.74 Å². The molecule has 1 rings (SSSR count). The number of nitrogens with one attached hydrogen (secondary N) is 1. The molecule has 0 fully saturated rings. The van der Waals surface area contributed by atoms with Crippen molar-refractivity contribution in [2.45, 2.75) is 58.3 Å². The van der Waals surface area contributed by atoms with Gasteiger partial charge in [0.05, 0.1) is 12.0 Å². The number of ether oxygens (including phenoxy) is 1. The first-order valence-corrected chi connectivity index (χ1v) is 9.48. The number of hydrogen-bond donors (Lipinski definition) is 1. The van der Waals surface area contributed by atoms with Crippen molar-refractivity contribution in [2.24, 2.45) is 5.92 Å². The maximum Gasteiger partial charge on any atom is 0.240 e. The van der Waals surface area contributed by atoms with Crippen LogP contribution < -0.4 is 9.46 Å². The fraction of sp³-hybridized carbons (Fsp3) is 0.647. The largest absolute Gasteiger partial charge is 0.496 e. The van der Waals surface area contributed by atoms with E-state index in [1.54, 1.807) is 26.2 Å². The molecule has 0 aromatic heterocycles. The zero-order valence-electron chi connectivity index (χ0n) is 14.4. The highest BCUT2D eigenvalue weighted by molar-refractivity contribution is 7.89. The zero-order valence-corrected chi connectivity index (χ0v) is 15.2. The molecule has 4 nitrogen and oxygen atoms in total. The Kier molecular flexibility index (Phi) is 7.36. The molecule has 0 spiro atoms. The summed E-state index contributed by atoms with van der Waals surface area (Å²) in [5.74, 6) is 1.11. The van der Waals surface area contributed by atoms with Gasteiger partial charge >= 0.3 is 0 Å². The molecule has 0 heterocycles. The fourth-order valence-electron chi connectivity index (χ4n) is 2.52. The molecule has 5 heteroatoms.